The molecular weight excluding hydrogens is 598 g/mol. The van der Waals surface area contributed by atoms with Crippen molar-refractivity contribution in [3.63, 3.8) is 0 Å². The number of rotatable bonds is 14. The molecule has 0 aliphatic heterocycles. The molecule has 43 heavy (non-hydrogen) atoms. The molecule has 11 nitrogen and oxygen atoms in total. The molecule has 232 valence electrons. The Kier molecular flexibility index (Phi) is 11.5. The van der Waals surface area contributed by atoms with Crippen molar-refractivity contribution in [3.05, 3.63) is 71.2 Å². The predicted molar refractivity (Wildman–Crippen MR) is 164 cm³/mol. The van der Waals surface area contributed by atoms with E-state index in [2.05, 4.69) is 5.32 Å². The third kappa shape index (κ3) is 7.63. The van der Waals surface area contributed by atoms with Crippen molar-refractivity contribution in [2.45, 2.75) is 30.8 Å². The second-order valence-electron chi connectivity index (χ2n) is 9.26. The Balaban J connectivity index is 2.18. The smallest absolute Gasteiger partial charge is 0.265 e. The zero-order chi connectivity index (χ0) is 31.7. The fourth-order valence-corrected chi connectivity index (χ4v) is 6.13. The van der Waals surface area contributed by atoms with E-state index in [0.717, 1.165) is 4.31 Å². The van der Waals surface area contributed by atoms with Gasteiger partial charge in [-0.05, 0) is 54.4 Å². The van der Waals surface area contributed by atoms with Gasteiger partial charge in [0.15, 0.2) is 11.5 Å². The van der Waals surface area contributed by atoms with Gasteiger partial charge in [-0.15, -0.1) is 0 Å². The Hall–Kier alpha value is -4.16. The molecule has 0 fully saturated rings. The van der Waals surface area contributed by atoms with Crippen LogP contribution in [0.2, 0.25) is 5.02 Å². The molecule has 0 radical (unpaired) electrons. The average Bonchev–Trinajstić information content (AvgIpc) is 3.02. The SMILES string of the molecule is CC[C@H](C(=O)NC)N(Cc1cccc(OC)c1)C(=O)CN(c1cc(Cl)ccc1OC)S(=O)(=O)c1ccc(OC)c(OC)c1. The number of benzene rings is 3. The molecule has 0 saturated heterocycles. The van der Waals surface area contributed by atoms with Crippen molar-refractivity contribution in [1.82, 2.24) is 10.2 Å². The quantitative estimate of drug-likeness (QED) is 0.281. The third-order valence-electron chi connectivity index (χ3n) is 6.75. The average molecular weight is 634 g/mol. The number of amides is 2. The Morgan fingerprint density at radius 3 is 2.16 bits per heavy atom. The van der Waals surface area contributed by atoms with E-state index in [4.69, 9.17) is 30.5 Å². The number of likely N-dealkylation sites (N-methyl/N-ethyl adjacent to an activating group) is 1. The summed E-state index contributed by atoms with van der Waals surface area (Å²) in [6.45, 7) is 1.10. The van der Waals surface area contributed by atoms with Crippen molar-refractivity contribution in [3.8, 4) is 23.0 Å². The van der Waals surface area contributed by atoms with Crippen LogP contribution in [0.1, 0.15) is 18.9 Å². The molecule has 1 N–H and O–H groups in total. The van der Waals surface area contributed by atoms with Gasteiger partial charge in [-0.2, -0.15) is 0 Å². The van der Waals surface area contributed by atoms with Crippen LogP contribution in [0.3, 0.4) is 0 Å². The topological polar surface area (TPSA) is 124 Å². The van der Waals surface area contributed by atoms with Gasteiger partial charge in [0.1, 0.15) is 24.1 Å². The number of nitrogens with one attached hydrogen (secondary N) is 1. The lowest BCUT2D eigenvalue weighted by atomic mass is 10.1. The normalized spacial score (nSPS) is 11.7. The monoisotopic (exact) mass is 633 g/mol. The van der Waals surface area contributed by atoms with Crippen LogP contribution < -0.4 is 28.6 Å². The number of hydrogen-bond donors (Lipinski definition) is 1. The third-order valence-corrected chi connectivity index (χ3v) is 8.74. The van der Waals surface area contributed by atoms with Crippen LogP contribution in [-0.2, 0) is 26.2 Å². The summed E-state index contributed by atoms with van der Waals surface area (Å²) in [6, 6.07) is 14.7. The lowest BCUT2D eigenvalue weighted by molar-refractivity contribution is -0.140. The lowest BCUT2D eigenvalue weighted by Gasteiger charge is -2.33. The standard InChI is InChI=1S/C30H36ClN3O8S/c1-7-24(30(36)32-2)33(18-20-9-8-10-22(15-20)39-3)29(35)19-34(25-16-21(31)11-13-26(25)40-4)43(37,38)23-12-14-27(41-5)28(17-23)42-6/h8-17,24H,7,18-19H2,1-6H3,(H,32,36)/t24-/m1/s1. The number of sulfonamides is 1. The van der Waals surface area contributed by atoms with Gasteiger partial charge < -0.3 is 29.2 Å². The van der Waals surface area contributed by atoms with Crippen LogP contribution in [0.25, 0.3) is 0 Å². The summed E-state index contributed by atoms with van der Waals surface area (Å²) in [6.07, 6.45) is 0.276. The van der Waals surface area contributed by atoms with Gasteiger partial charge in [0.2, 0.25) is 11.8 Å². The molecule has 0 aromatic heterocycles. The summed E-state index contributed by atoms with van der Waals surface area (Å²) in [5, 5.41) is 2.82. The highest BCUT2D eigenvalue weighted by molar-refractivity contribution is 7.92. The Bertz CT molecular complexity index is 1550. The maximum Gasteiger partial charge on any atom is 0.265 e. The number of carbonyl (C=O) groups is 2. The van der Waals surface area contributed by atoms with Crippen molar-refractivity contribution < 1.29 is 37.0 Å². The molecule has 3 aromatic rings. The highest BCUT2D eigenvalue weighted by Crippen LogP contribution is 2.37. The first-order chi connectivity index (χ1) is 20.5. The van der Waals surface area contributed by atoms with Crippen LogP contribution in [0.15, 0.2) is 65.6 Å². The molecule has 0 aliphatic rings. The number of nitrogens with zero attached hydrogens (tertiary/aromatic N) is 2. The maximum absolute atomic E-state index is 14.3. The summed E-state index contributed by atoms with van der Waals surface area (Å²) in [5.74, 6) is 0.208. The number of halogens is 1. The summed E-state index contributed by atoms with van der Waals surface area (Å²) < 4.78 is 50.8. The molecule has 0 saturated carbocycles. The van der Waals surface area contributed by atoms with Crippen LogP contribution in [-0.4, -0.2) is 73.2 Å². The number of carbonyl (C=O) groups excluding carboxylic acids is 2. The molecule has 0 bridgehead atoms. The minimum Gasteiger partial charge on any atom is -0.497 e. The van der Waals surface area contributed by atoms with E-state index in [-0.39, 0.29) is 40.1 Å². The van der Waals surface area contributed by atoms with E-state index < -0.39 is 34.4 Å². The minimum atomic E-state index is -4.44. The number of hydrogen-bond acceptors (Lipinski definition) is 8. The summed E-state index contributed by atoms with van der Waals surface area (Å²) in [7, 11) is 2.76. The zero-order valence-electron chi connectivity index (χ0n) is 24.9. The highest BCUT2D eigenvalue weighted by atomic mass is 35.5. The fourth-order valence-electron chi connectivity index (χ4n) is 4.53. The summed E-state index contributed by atoms with van der Waals surface area (Å²) in [5.41, 5.74) is 0.720. The van der Waals surface area contributed by atoms with E-state index in [1.807, 2.05) is 0 Å². The molecule has 13 heteroatoms. The number of anilines is 1. The minimum absolute atomic E-state index is 0.0128. The van der Waals surface area contributed by atoms with Gasteiger partial charge in [0.05, 0.1) is 39.0 Å². The molecule has 0 unspecified atom stereocenters. The van der Waals surface area contributed by atoms with Gasteiger partial charge in [-0.25, -0.2) is 8.42 Å². The number of ether oxygens (including phenoxy) is 4. The van der Waals surface area contributed by atoms with Gasteiger partial charge in [-0.1, -0.05) is 30.7 Å². The van der Waals surface area contributed by atoms with E-state index in [9.17, 15) is 18.0 Å². The number of methoxy groups -OCH3 is 4. The molecule has 3 aromatic carbocycles. The molecule has 3 rings (SSSR count). The van der Waals surface area contributed by atoms with E-state index >= 15 is 0 Å². The van der Waals surface area contributed by atoms with E-state index in [1.54, 1.807) is 37.3 Å². The molecule has 0 aliphatic carbocycles. The molecule has 2 amide bonds. The van der Waals surface area contributed by atoms with Crippen molar-refractivity contribution in [2.24, 2.45) is 0 Å². The van der Waals surface area contributed by atoms with Gasteiger partial charge in [0.25, 0.3) is 10.0 Å². The predicted octanol–water partition coefficient (Wildman–Crippen LogP) is 4.12. The zero-order valence-corrected chi connectivity index (χ0v) is 26.5. The molecule has 1 atom stereocenters. The van der Waals surface area contributed by atoms with Gasteiger partial charge in [0, 0.05) is 24.7 Å². The Morgan fingerprint density at radius 2 is 1.56 bits per heavy atom. The summed E-state index contributed by atoms with van der Waals surface area (Å²) in [4.78, 5) is 28.3. The van der Waals surface area contributed by atoms with Crippen LogP contribution in [0.4, 0.5) is 5.69 Å². The first-order valence-corrected chi connectivity index (χ1v) is 15.1. The highest BCUT2D eigenvalue weighted by Gasteiger charge is 2.35. The van der Waals surface area contributed by atoms with Crippen LogP contribution >= 0.6 is 11.6 Å². The first-order valence-electron chi connectivity index (χ1n) is 13.3. The molecule has 0 heterocycles. The summed E-state index contributed by atoms with van der Waals surface area (Å²) >= 11 is 6.30. The largest absolute Gasteiger partial charge is 0.497 e. The second kappa shape index (κ2) is 14.8. The van der Waals surface area contributed by atoms with Crippen LogP contribution in [0.5, 0.6) is 23.0 Å². The first kappa shape index (κ1) is 33.3. The van der Waals surface area contributed by atoms with Gasteiger partial charge >= 0.3 is 0 Å². The van der Waals surface area contributed by atoms with E-state index in [1.165, 1.54) is 70.7 Å². The maximum atomic E-state index is 14.3. The van der Waals surface area contributed by atoms with Crippen molar-refractivity contribution in [1.29, 1.82) is 0 Å². The van der Waals surface area contributed by atoms with E-state index in [0.29, 0.717) is 17.1 Å². The van der Waals surface area contributed by atoms with Crippen molar-refractivity contribution >= 4 is 39.1 Å². The lowest BCUT2D eigenvalue weighted by Crippen LogP contribution is -2.51. The Labute approximate surface area is 257 Å². The van der Waals surface area contributed by atoms with Crippen molar-refractivity contribution in [2.75, 3.05) is 46.3 Å². The van der Waals surface area contributed by atoms with Gasteiger partial charge in [-0.3, -0.25) is 13.9 Å². The fraction of sp³-hybridized carbons (Fsp3) is 0.333. The second-order valence-corrected chi connectivity index (χ2v) is 11.6. The molecule has 0 spiro atoms. The van der Waals surface area contributed by atoms with Crippen LogP contribution in [0, 0.1) is 0 Å². The Morgan fingerprint density at radius 1 is 0.884 bits per heavy atom. The molecular formula is C30H36ClN3O8S.